The zero-order chi connectivity index (χ0) is 16.4. The molecule has 1 heterocycles. The van der Waals surface area contributed by atoms with Gasteiger partial charge in [-0.2, -0.15) is 0 Å². The van der Waals surface area contributed by atoms with Gasteiger partial charge in [0.05, 0.1) is 21.3 Å². The summed E-state index contributed by atoms with van der Waals surface area (Å²) in [4.78, 5) is 14.1. The van der Waals surface area contributed by atoms with Gasteiger partial charge >= 0.3 is 0 Å². The van der Waals surface area contributed by atoms with E-state index >= 15 is 0 Å². The van der Waals surface area contributed by atoms with Crippen LogP contribution in [0.4, 0.5) is 5.69 Å². The average Bonchev–Trinajstić information content (AvgIpc) is 2.57. The van der Waals surface area contributed by atoms with Crippen molar-refractivity contribution >= 4 is 34.8 Å². The molecule has 0 spiro atoms. The van der Waals surface area contributed by atoms with Gasteiger partial charge in [0, 0.05) is 31.7 Å². The van der Waals surface area contributed by atoms with Gasteiger partial charge < -0.3 is 16.0 Å². The van der Waals surface area contributed by atoms with Crippen molar-refractivity contribution in [1.82, 2.24) is 5.32 Å². The fraction of sp³-hybridized carbons (Fsp3) is 0.235. The Morgan fingerprint density at radius 2 is 1.78 bits per heavy atom. The number of halogens is 2. The third-order valence-corrected chi connectivity index (χ3v) is 4.64. The second-order valence-electron chi connectivity index (χ2n) is 5.41. The summed E-state index contributed by atoms with van der Waals surface area (Å²) in [5.74, 6) is -0.566. The van der Waals surface area contributed by atoms with E-state index in [2.05, 4.69) is 10.2 Å². The van der Waals surface area contributed by atoms with Crippen LogP contribution in [0, 0.1) is 0 Å². The summed E-state index contributed by atoms with van der Waals surface area (Å²) in [6.45, 7) is 3.15. The average molecular weight is 350 g/mol. The van der Waals surface area contributed by atoms with Crippen molar-refractivity contribution in [3.05, 3.63) is 52.0 Å². The number of carbonyl (C=O) groups is 1. The molecule has 0 atom stereocenters. The molecule has 0 unspecified atom stereocenters. The van der Waals surface area contributed by atoms with Gasteiger partial charge in [-0.05, 0) is 11.6 Å². The fourth-order valence-electron chi connectivity index (χ4n) is 2.87. The van der Waals surface area contributed by atoms with Crippen LogP contribution in [-0.4, -0.2) is 32.1 Å². The van der Waals surface area contributed by atoms with E-state index in [0.29, 0.717) is 26.9 Å². The first-order valence-corrected chi connectivity index (χ1v) is 8.18. The van der Waals surface area contributed by atoms with Crippen molar-refractivity contribution in [2.24, 2.45) is 5.73 Å². The van der Waals surface area contributed by atoms with Crippen LogP contribution in [0.1, 0.15) is 10.4 Å². The van der Waals surface area contributed by atoms with Crippen LogP contribution in [0.25, 0.3) is 11.1 Å². The van der Waals surface area contributed by atoms with E-state index in [4.69, 9.17) is 28.9 Å². The number of nitrogens with zero attached hydrogens (tertiary/aromatic N) is 1. The van der Waals surface area contributed by atoms with Crippen LogP contribution >= 0.6 is 23.2 Å². The van der Waals surface area contributed by atoms with E-state index in [9.17, 15) is 4.79 Å². The Labute approximate surface area is 145 Å². The van der Waals surface area contributed by atoms with Crippen molar-refractivity contribution < 1.29 is 4.79 Å². The molecule has 3 rings (SSSR count). The number of hydrogen-bond acceptors (Lipinski definition) is 3. The molecule has 1 aliphatic rings. The van der Waals surface area contributed by atoms with Crippen molar-refractivity contribution in [1.29, 1.82) is 0 Å². The summed E-state index contributed by atoms with van der Waals surface area (Å²) in [5, 5.41) is 4.11. The molecule has 0 aliphatic carbocycles. The van der Waals surface area contributed by atoms with Crippen LogP contribution in [0.2, 0.25) is 10.0 Å². The van der Waals surface area contributed by atoms with Crippen molar-refractivity contribution in [3.8, 4) is 11.1 Å². The van der Waals surface area contributed by atoms with Gasteiger partial charge in [0.15, 0.2) is 0 Å². The van der Waals surface area contributed by atoms with E-state index in [1.165, 1.54) is 0 Å². The first-order chi connectivity index (χ1) is 11.1. The Hall–Kier alpha value is -1.75. The number of amides is 1. The predicted octanol–water partition coefficient (Wildman–Crippen LogP) is 3.17. The minimum absolute atomic E-state index is 0.292. The molecule has 2 aromatic carbocycles. The molecule has 0 bridgehead atoms. The lowest BCUT2D eigenvalue weighted by Gasteiger charge is -2.32. The van der Waals surface area contributed by atoms with Crippen molar-refractivity contribution in [2.75, 3.05) is 31.1 Å². The largest absolute Gasteiger partial charge is 0.367 e. The Balaban J connectivity index is 2.18. The Kier molecular flexibility index (Phi) is 4.76. The molecule has 1 amide bonds. The predicted molar refractivity (Wildman–Crippen MR) is 95.5 cm³/mol. The lowest BCUT2D eigenvalue weighted by Crippen LogP contribution is -2.44. The summed E-state index contributed by atoms with van der Waals surface area (Å²) in [5.41, 5.74) is 8.15. The normalized spacial score (nSPS) is 14.8. The van der Waals surface area contributed by atoms with Gasteiger partial charge in [0.1, 0.15) is 0 Å². The zero-order valence-electron chi connectivity index (χ0n) is 12.5. The molecule has 0 radical (unpaired) electrons. The molecular weight excluding hydrogens is 333 g/mol. The molecule has 3 N–H and O–H groups in total. The molecule has 6 heteroatoms. The minimum atomic E-state index is -0.566. The summed E-state index contributed by atoms with van der Waals surface area (Å²) in [6, 6.07) is 11.4. The van der Waals surface area contributed by atoms with Gasteiger partial charge in [0.2, 0.25) is 0 Å². The molecular formula is C17H17Cl2N3O. The number of piperazine rings is 1. The molecule has 2 aromatic rings. The molecule has 120 valence electrons. The quantitative estimate of drug-likeness (QED) is 0.894. The first kappa shape index (κ1) is 16.1. The van der Waals surface area contributed by atoms with Crippen LogP contribution in [0.5, 0.6) is 0 Å². The topological polar surface area (TPSA) is 58.4 Å². The van der Waals surface area contributed by atoms with E-state index < -0.39 is 5.91 Å². The highest BCUT2D eigenvalue weighted by molar-refractivity contribution is 6.40. The number of carbonyl (C=O) groups excluding carboxylic acids is 1. The smallest absolute Gasteiger partial charge is 0.252 e. The van der Waals surface area contributed by atoms with E-state index in [0.717, 1.165) is 31.7 Å². The number of hydrogen-bond donors (Lipinski definition) is 2. The van der Waals surface area contributed by atoms with Crippen LogP contribution in [-0.2, 0) is 0 Å². The Bertz CT molecular complexity index is 728. The molecule has 0 aromatic heterocycles. The molecule has 1 fully saturated rings. The summed E-state index contributed by atoms with van der Waals surface area (Å²) >= 11 is 13.0. The number of primary amides is 1. The minimum Gasteiger partial charge on any atom is -0.367 e. The lowest BCUT2D eigenvalue weighted by atomic mass is 10.00. The standard InChI is InChI=1S/C17H17Cl2N3O/c18-13-10-12(11-4-2-1-3-5-11)15(19)14(17(20)23)16(13)22-8-6-21-7-9-22/h1-5,10,21H,6-9H2,(H2,20,23). The monoisotopic (exact) mass is 349 g/mol. The molecule has 1 aliphatic heterocycles. The Morgan fingerprint density at radius 3 is 2.39 bits per heavy atom. The lowest BCUT2D eigenvalue weighted by molar-refractivity contribution is 0.100. The van der Waals surface area contributed by atoms with Gasteiger partial charge in [-0.15, -0.1) is 0 Å². The fourth-order valence-corrected chi connectivity index (χ4v) is 3.54. The third-order valence-electron chi connectivity index (χ3n) is 3.95. The highest BCUT2D eigenvalue weighted by atomic mass is 35.5. The van der Waals surface area contributed by atoms with Gasteiger partial charge in [-0.3, -0.25) is 4.79 Å². The Morgan fingerprint density at radius 1 is 1.13 bits per heavy atom. The maximum Gasteiger partial charge on any atom is 0.252 e. The van der Waals surface area contributed by atoms with Gasteiger partial charge in [-0.1, -0.05) is 53.5 Å². The first-order valence-electron chi connectivity index (χ1n) is 7.42. The highest BCUT2D eigenvalue weighted by Gasteiger charge is 2.25. The number of rotatable bonds is 3. The number of benzene rings is 2. The van der Waals surface area contributed by atoms with E-state index in [1.807, 2.05) is 36.4 Å². The highest BCUT2D eigenvalue weighted by Crippen LogP contribution is 2.41. The number of nitrogens with two attached hydrogens (primary N) is 1. The van der Waals surface area contributed by atoms with Crippen LogP contribution < -0.4 is 16.0 Å². The van der Waals surface area contributed by atoms with E-state index in [-0.39, 0.29) is 0 Å². The molecule has 1 saturated heterocycles. The van der Waals surface area contributed by atoms with E-state index in [1.54, 1.807) is 0 Å². The summed E-state index contributed by atoms with van der Waals surface area (Å²) < 4.78 is 0. The third kappa shape index (κ3) is 3.15. The molecule has 4 nitrogen and oxygen atoms in total. The maximum absolute atomic E-state index is 12.1. The van der Waals surface area contributed by atoms with Gasteiger partial charge in [0.25, 0.3) is 5.91 Å². The van der Waals surface area contributed by atoms with Crippen LogP contribution in [0.15, 0.2) is 36.4 Å². The second kappa shape index (κ2) is 6.79. The second-order valence-corrected chi connectivity index (χ2v) is 6.20. The van der Waals surface area contributed by atoms with Gasteiger partial charge in [-0.25, -0.2) is 0 Å². The summed E-state index contributed by atoms with van der Waals surface area (Å²) in [7, 11) is 0. The zero-order valence-corrected chi connectivity index (χ0v) is 14.0. The maximum atomic E-state index is 12.1. The van der Waals surface area contributed by atoms with Crippen LogP contribution in [0.3, 0.4) is 0 Å². The molecule has 23 heavy (non-hydrogen) atoms. The summed E-state index contributed by atoms with van der Waals surface area (Å²) in [6.07, 6.45) is 0. The van der Waals surface area contributed by atoms with Crippen molar-refractivity contribution in [2.45, 2.75) is 0 Å². The molecule has 0 saturated carbocycles. The number of nitrogens with one attached hydrogen (secondary N) is 1. The van der Waals surface area contributed by atoms with Crippen molar-refractivity contribution in [3.63, 3.8) is 0 Å². The number of anilines is 1. The SMILES string of the molecule is NC(=O)c1c(Cl)c(-c2ccccc2)cc(Cl)c1N1CCNCC1.